The fourth-order valence-electron chi connectivity index (χ4n) is 1.04. The molecular weight excluding hydrogens is 184 g/mol. The van der Waals surface area contributed by atoms with E-state index in [2.05, 4.69) is 4.98 Å². The third-order valence-corrected chi connectivity index (χ3v) is 2.77. The van der Waals surface area contributed by atoms with Gasteiger partial charge in [-0.3, -0.25) is 0 Å². The minimum absolute atomic E-state index is 0.00523. The zero-order valence-corrected chi connectivity index (χ0v) is 8.04. The van der Waals surface area contributed by atoms with Crippen molar-refractivity contribution in [3.05, 3.63) is 29.0 Å². The second kappa shape index (κ2) is 3.32. The van der Waals surface area contributed by atoms with Crippen molar-refractivity contribution >= 4 is 11.3 Å². The van der Waals surface area contributed by atoms with E-state index in [4.69, 9.17) is 10.2 Å². The summed E-state index contributed by atoms with van der Waals surface area (Å²) >= 11 is 1.58. The van der Waals surface area contributed by atoms with E-state index in [9.17, 15) is 0 Å². The predicted octanol–water partition coefficient (Wildman–Crippen LogP) is 2.42. The molecule has 2 aromatic heterocycles. The maximum absolute atomic E-state index is 5.70. The normalized spacial score (nSPS) is 13.1. The zero-order chi connectivity index (χ0) is 9.26. The minimum atomic E-state index is 0.00523. The summed E-state index contributed by atoms with van der Waals surface area (Å²) < 4.78 is 4.97. The summed E-state index contributed by atoms with van der Waals surface area (Å²) in [7, 11) is 0. The van der Waals surface area contributed by atoms with Crippen molar-refractivity contribution in [3.8, 4) is 11.3 Å². The number of furan rings is 1. The van der Waals surface area contributed by atoms with Crippen LogP contribution in [-0.4, -0.2) is 4.98 Å². The van der Waals surface area contributed by atoms with Gasteiger partial charge in [-0.15, -0.1) is 11.3 Å². The Balaban J connectivity index is 2.33. The van der Waals surface area contributed by atoms with Gasteiger partial charge in [0.25, 0.3) is 0 Å². The standard InChI is InChI=1S/C9H10N2OS/c1-6(10)9-11-8(5-13-9)7-2-3-12-4-7/h2-6H,10H2,1H3. The molecule has 2 aromatic rings. The molecule has 0 saturated heterocycles. The van der Waals surface area contributed by atoms with E-state index < -0.39 is 0 Å². The van der Waals surface area contributed by atoms with Gasteiger partial charge in [0.2, 0.25) is 0 Å². The van der Waals surface area contributed by atoms with Crippen molar-refractivity contribution < 1.29 is 4.42 Å². The van der Waals surface area contributed by atoms with Gasteiger partial charge in [-0.1, -0.05) is 0 Å². The monoisotopic (exact) mass is 194 g/mol. The van der Waals surface area contributed by atoms with Gasteiger partial charge in [-0.2, -0.15) is 0 Å². The Kier molecular flexibility index (Phi) is 2.16. The van der Waals surface area contributed by atoms with Gasteiger partial charge in [-0.25, -0.2) is 4.98 Å². The van der Waals surface area contributed by atoms with Gasteiger partial charge in [0.05, 0.1) is 24.3 Å². The third-order valence-electron chi connectivity index (χ3n) is 1.73. The first-order chi connectivity index (χ1) is 6.27. The lowest BCUT2D eigenvalue weighted by molar-refractivity contribution is 0.568. The molecule has 68 valence electrons. The summed E-state index contributed by atoms with van der Waals surface area (Å²) in [6, 6.07) is 1.89. The van der Waals surface area contributed by atoms with Crippen LogP contribution in [0.3, 0.4) is 0 Å². The van der Waals surface area contributed by atoms with Crippen LogP contribution in [0.2, 0.25) is 0 Å². The maximum Gasteiger partial charge on any atom is 0.110 e. The minimum Gasteiger partial charge on any atom is -0.472 e. The number of hydrogen-bond donors (Lipinski definition) is 1. The molecule has 1 unspecified atom stereocenters. The Morgan fingerprint density at radius 3 is 3.00 bits per heavy atom. The second-order valence-corrected chi connectivity index (χ2v) is 3.76. The quantitative estimate of drug-likeness (QED) is 0.798. The fourth-order valence-corrected chi connectivity index (χ4v) is 1.83. The smallest absolute Gasteiger partial charge is 0.110 e. The van der Waals surface area contributed by atoms with E-state index in [1.165, 1.54) is 0 Å². The van der Waals surface area contributed by atoms with Gasteiger partial charge >= 0.3 is 0 Å². The molecule has 0 aromatic carbocycles. The first-order valence-electron chi connectivity index (χ1n) is 4.01. The number of rotatable bonds is 2. The SMILES string of the molecule is CC(N)c1nc(-c2ccoc2)cs1. The van der Waals surface area contributed by atoms with Gasteiger partial charge in [-0.05, 0) is 13.0 Å². The van der Waals surface area contributed by atoms with Crippen molar-refractivity contribution in [2.24, 2.45) is 5.73 Å². The summed E-state index contributed by atoms with van der Waals surface area (Å²) in [6.07, 6.45) is 3.32. The molecule has 1 atom stereocenters. The molecule has 0 spiro atoms. The summed E-state index contributed by atoms with van der Waals surface area (Å²) in [5.41, 5.74) is 7.64. The molecule has 0 aliphatic heterocycles. The van der Waals surface area contributed by atoms with Crippen LogP contribution in [0.25, 0.3) is 11.3 Å². The highest BCUT2D eigenvalue weighted by Gasteiger charge is 2.07. The highest BCUT2D eigenvalue weighted by molar-refractivity contribution is 7.10. The second-order valence-electron chi connectivity index (χ2n) is 2.87. The Labute approximate surface area is 80.2 Å². The summed E-state index contributed by atoms with van der Waals surface area (Å²) in [5.74, 6) is 0. The Bertz CT molecular complexity index is 378. The Hall–Kier alpha value is -1.13. The van der Waals surface area contributed by atoms with Gasteiger partial charge in [0.15, 0.2) is 0 Å². The molecular formula is C9H10N2OS. The average molecular weight is 194 g/mol. The van der Waals surface area contributed by atoms with E-state index in [0.717, 1.165) is 16.3 Å². The van der Waals surface area contributed by atoms with Crippen LogP contribution in [0.1, 0.15) is 18.0 Å². The first-order valence-corrected chi connectivity index (χ1v) is 4.89. The van der Waals surface area contributed by atoms with E-state index >= 15 is 0 Å². The third kappa shape index (κ3) is 1.64. The topological polar surface area (TPSA) is 52.0 Å². The molecule has 13 heavy (non-hydrogen) atoms. The van der Waals surface area contributed by atoms with E-state index in [0.29, 0.717) is 0 Å². The molecule has 2 N–H and O–H groups in total. The first kappa shape index (κ1) is 8.47. The van der Waals surface area contributed by atoms with Gasteiger partial charge in [0, 0.05) is 10.9 Å². The summed E-state index contributed by atoms with van der Waals surface area (Å²) in [4.78, 5) is 4.39. The van der Waals surface area contributed by atoms with Gasteiger partial charge in [0.1, 0.15) is 5.01 Å². The zero-order valence-electron chi connectivity index (χ0n) is 7.23. The molecule has 0 bridgehead atoms. The lowest BCUT2D eigenvalue weighted by Crippen LogP contribution is -2.03. The molecule has 0 aliphatic carbocycles. The van der Waals surface area contributed by atoms with Crippen LogP contribution in [0.4, 0.5) is 0 Å². The number of nitrogens with two attached hydrogens (primary N) is 1. The molecule has 0 fully saturated rings. The van der Waals surface area contributed by atoms with E-state index in [1.54, 1.807) is 23.9 Å². The van der Waals surface area contributed by atoms with Gasteiger partial charge < -0.3 is 10.2 Å². The fraction of sp³-hybridized carbons (Fsp3) is 0.222. The lowest BCUT2D eigenvalue weighted by Gasteiger charge is -1.96. The van der Waals surface area contributed by atoms with E-state index in [-0.39, 0.29) is 6.04 Å². The molecule has 0 radical (unpaired) electrons. The van der Waals surface area contributed by atoms with Crippen molar-refractivity contribution in [2.45, 2.75) is 13.0 Å². The molecule has 0 aliphatic rings. The number of nitrogens with zero attached hydrogens (tertiary/aromatic N) is 1. The van der Waals surface area contributed by atoms with Crippen LogP contribution in [0.15, 0.2) is 28.4 Å². The van der Waals surface area contributed by atoms with Crippen LogP contribution < -0.4 is 5.73 Å². The summed E-state index contributed by atoms with van der Waals surface area (Å²) in [6.45, 7) is 1.93. The molecule has 3 nitrogen and oxygen atoms in total. The molecule has 4 heteroatoms. The van der Waals surface area contributed by atoms with E-state index in [1.807, 2.05) is 18.4 Å². The highest BCUT2D eigenvalue weighted by atomic mass is 32.1. The molecule has 2 heterocycles. The summed E-state index contributed by atoms with van der Waals surface area (Å²) in [5, 5.41) is 2.94. The molecule has 0 saturated carbocycles. The van der Waals surface area contributed by atoms with Crippen LogP contribution in [-0.2, 0) is 0 Å². The van der Waals surface area contributed by atoms with Crippen molar-refractivity contribution in [1.29, 1.82) is 0 Å². The average Bonchev–Trinajstić information content (AvgIpc) is 2.75. The maximum atomic E-state index is 5.70. The molecule has 0 amide bonds. The van der Waals surface area contributed by atoms with Crippen LogP contribution >= 0.6 is 11.3 Å². The predicted molar refractivity (Wildman–Crippen MR) is 52.4 cm³/mol. The largest absolute Gasteiger partial charge is 0.472 e. The van der Waals surface area contributed by atoms with Crippen molar-refractivity contribution in [3.63, 3.8) is 0 Å². The highest BCUT2D eigenvalue weighted by Crippen LogP contribution is 2.24. The number of hydrogen-bond acceptors (Lipinski definition) is 4. The lowest BCUT2D eigenvalue weighted by atomic mass is 10.3. The van der Waals surface area contributed by atoms with Crippen molar-refractivity contribution in [1.82, 2.24) is 4.98 Å². The van der Waals surface area contributed by atoms with Crippen LogP contribution in [0.5, 0.6) is 0 Å². The number of thiazole rings is 1. The number of aromatic nitrogens is 1. The van der Waals surface area contributed by atoms with Crippen molar-refractivity contribution in [2.75, 3.05) is 0 Å². The van der Waals surface area contributed by atoms with Crippen LogP contribution in [0, 0.1) is 0 Å². The molecule has 2 rings (SSSR count). The Morgan fingerprint density at radius 1 is 1.62 bits per heavy atom. The Morgan fingerprint density at radius 2 is 2.46 bits per heavy atom.